The van der Waals surface area contributed by atoms with E-state index >= 15 is 0 Å². The molecule has 0 aromatic heterocycles. The Morgan fingerprint density at radius 3 is 2.80 bits per heavy atom. The third kappa shape index (κ3) is 3.35. The first kappa shape index (κ1) is 11.1. The summed E-state index contributed by atoms with van der Waals surface area (Å²) in [5, 5.41) is 2.69. The first-order valence-corrected chi connectivity index (χ1v) is 4.68. The largest absolute Gasteiger partial charge is 0.399 e. The number of carbonyl (C=O) groups is 1. The molecule has 0 unspecified atom stereocenters. The first-order valence-electron chi connectivity index (χ1n) is 4.68. The number of carbonyl (C=O) groups excluding carboxylic acids is 1. The molecule has 3 nitrogen and oxygen atoms in total. The molecule has 0 saturated carbocycles. The summed E-state index contributed by atoms with van der Waals surface area (Å²) in [5.74, 6) is 5.33. The minimum absolute atomic E-state index is 0.145. The quantitative estimate of drug-likeness (QED) is 0.561. The lowest BCUT2D eigenvalue weighted by atomic mass is 10.1. The lowest BCUT2D eigenvalue weighted by molar-refractivity contribution is 0.0958. The fourth-order valence-electron chi connectivity index (χ4n) is 1.26. The number of aryl methyl sites for hydroxylation is 1. The van der Waals surface area contributed by atoms with E-state index in [2.05, 4.69) is 17.2 Å². The molecule has 0 aliphatic carbocycles. The zero-order valence-electron chi connectivity index (χ0n) is 8.92. The van der Waals surface area contributed by atoms with Crippen molar-refractivity contribution in [3.8, 4) is 11.8 Å². The Morgan fingerprint density at radius 1 is 1.47 bits per heavy atom. The lowest BCUT2D eigenvalue weighted by Gasteiger charge is -2.04. The Kier molecular flexibility index (Phi) is 3.75. The second-order valence-electron chi connectivity index (χ2n) is 3.24. The number of rotatable bonds is 2. The fourth-order valence-corrected chi connectivity index (χ4v) is 1.26. The van der Waals surface area contributed by atoms with E-state index in [9.17, 15) is 4.79 Å². The number of hydrogen-bond donors (Lipinski definition) is 2. The van der Waals surface area contributed by atoms with E-state index in [4.69, 9.17) is 5.73 Å². The molecule has 0 radical (unpaired) electrons. The highest BCUT2D eigenvalue weighted by Gasteiger charge is 2.04. The Morgan fingerprint density at radius 2 is 2.20 bits per heavy atom. The maximum Gasteiger partial charge on any atom is 0.252 e. The molecular formula is C12H14N2O. The Bertz CT molecular complexity index is 407. The van der Waals surface area contributed by atoms with E-state index < -0.39 is 0 Å². The Labute approximate surface area is 89.7 Å². The molecular weight excluding hydrogens is 188 g/mol. The van der Waals surface area contributed by atoms with Crippen molar-refractivity contribution in [3.63, 3.8) is 0 Å². The maximum atomic E-state index is 11.6. The van der Waals surface area contributed by atoms with Crippen LogP contribution < -0.4 is 11.1 Å². The number of nitrogen functional groups attached to an aromatic ring is 1. The molecule has 0 aliphatic heterocycles. The van der Waals surface area contributed by atoms with Crippen molar-refractivity contribution in [1.82, 2.24) is 5.32 Å². The Balaban J connectivity index is 2.76. The van der Waals surface area contributed by atoms with Gasteiger partial charge in [0, 0.05) is 11.3 Å². The smallest absolute Gasteiger partial charge is 0.252 e. The maximum absolute atomic E-state index is 11.6. The van der Waals surface area contributed by atoms with E-state index in [1.165, 1.54) is 0 Å². The molecule has 0 bridgehead atoms. The van der Waals surface area contributed by atoms with Crippen LogP contribution in [-0.2, 0) is 0 Å². The number of nitrogens with two attached hydrogens (primary N) is 1. The summed E-state index contributed by atoms with van der Waals surface area (Å²) in [4.78, 5) is 11.6. The molecule has 15 heavy (non-hydrogen) atoms. The van der Waals surface area contributed by atoms with Gasteiger partial charge in [-0.3, -0.25) is 4.79 Å². The van der Waals surface area contributed by atoms with Crippen molar-refractivity contribution in [2.45, 2.75) is 13.8 Å². The van der Waals surface area contributed by atoms with Crippen molar-refractivity contribution in [2.24, 2.45) is 0 Å². The first-order chi connectivity index (χ1) is 7.13. The molecule has 0 fully saturated rings. The van der Waals surface area contributed by atoms with Gasteiger partial charge in [-0.25, -0.2) is 0 Å². The zero-order valence-corrected chi connectivity index (χ0v) is 8.92. The molecule has 3 heteroatoms. The zero-order chi connectivity index (χ0) is 11.3. The van der Waals surface area contributed by atoms with Crippen molar-refractivity contribution < 1.29 is 4.79 Å². The number of hydrogen-bond acceptors (Lipinski definition) is 2. The van der Waals surface area contributed by atoms with Gasteiger partial charge in [0.05, 0.1) is 6.54 Å². The summed E-state index contributed by atoms with van der Waals surface area (Å²) < 4.78 is 0. The lowest BCUT2D eigenvalue weighted by Crippen LogP contribution is -2.23. The molecule has 0 saturated heterocycles. The van der Waals surface area contributed by atoms with Crippen molar-refractivity contribution in [2.75, 3.05) is 12.3 Å². The highest BCUT2D eigenvalue weighted by Crippen LogP contribution is 2.10. The molecule has 0 heterocycles. The summed E-state index contributed by atoms with van der Waals surface area (Å²) in [6.45, 7) is 4.00. The minimum Gasteiger partial charge on any atom is -0.399 e. The van der Waals surface area contributed by atoms with E-state index in [1.807, 2.05) is 13.0 Å². The van der Waals surface area contributed by atoms with Crippen LogP contribution in [0.2, 0.25) is 0 Å². The predicted molar refractivity (Wildman–Crippen MR) is 61.4 cm³/mol. The van der Waals surface area contributed by atoms with E-state index in [-0.39, 0.29) is 5.91 Å². The molecule has 0 atom stereocenters. The van der Waals surface area contributed by atoms with E-state index in [0.29, 0.717) is 17.8 Å². The second kappa shape index (κ2) is 5.06. The van der Waals surface area contributed by atoms with Gasteiger partial charge in [0.15, 0.2) is 0 Å². The number of anilines is 1. The van der Waals surface area contributed by atoms with Crippen LogP contribution in [0.5, 0.6) is 0 Å². The third-order valence-electron chi connectivity index (χ3n) is 1.88. The van der Waals surface area contributed by atoms with Crippen LogP contribution in [0.4, 0.5) is 5.69 Å². The van der Waals surface area contributed by atoms with Gasteiger partial charge in [0.2, 0.25) is 0 Å². The molecule has 0 aliphatic rings. The standard InChI is InChI=1S/C12H14N2O/c1-3-4-5-14-12(15)10-6-9(2)7-11(13)8-10/h6-8H,5,13H2,1-2H3,(H,14,15). The molecule has 1 amide bonds. The third-order valence-corrected chi connectivity index (χ3v) is 1.88. The van der Waals surface area contributed by atoms with Crippen LogP contribution in [-0.4, -0.2) is 12.5 Å². The molecule has 1 rings (SSSR count). The Hall–Kier alpha value is -1.95. The van der Waals surface area contributed by atoms with Gasteiger partial charge < -0.3 is 11.1 Å². The van der Waals surface area contributed by atoms with Crippen LogP contribution in [0.15, 0.2) is 18.2 Å². The monoisotopic (exact) mass is 202 g/mol. The molecule has 3 N–H and O–H groups in total. The van der Waals surface area contributed by atoms with Crippen molar-refractivity contribution in [3.05, 3.63) is 29.3 Å². The summed E-state index contributed by atoms with van der Waals surface area (Å²) in [5.41, 5.74) is 7.79. The number of nitrogens with one attached hydrogen (secondary N) is 1. The van der Waals surface area contributed by atoms with Gasteiger partial charge in [0.1, 0.15) is 0 Å². The van der Waals surface area contributed by atoms with Gasteiger partial charge in [-0.15, -0.1) is 5.92 Å². The number of benzene rings is 1. The van der Waals surface area contributed by atoms with Gasteiger partial charge in [-0.05, 0) is 37.6 Å². The topological polar surface area (TPSA) is 55.1 Å². The van der Waals surface area contributed by atoms with Crippen LogP contribution in [0, 0.1) is 18.8 Å². The summed E-state index contributed by atoms with van der Waals surface area (Å²) in [6, 6.07) is 5.27. The average Bonchev–Trinajstić information content (AvgIpc) is 2.16. The molecule has 0 spiro atoms. The number of amides is 1. The van der Waals surface area contributed by atoms with E-state index in [0.717, 1.165) is 5.56 Å². The van der Waals surface area contributed by atoms with Crippen LogP contribution in [0.3, 0.4) is 0 Å². The van der Waals surface area contributed by atoms with Crippen LogP contribution in [0.1, 0.15) is 22.8 Å². The van der Waals surface area contributed by atoms with E-state index in [1.54, 1.807) is 19.1 Å². The normalized spacial score (nSPS) is 8.93. The van der Waals surface area contributed by atoms with Crippen molar-refractivity contribution >= 4 is 11.6 Å². The molecule has 1 aromatic rings. The predicted octanol–water partition coefficient (Wildman–Crippen LogP) is 1.33. The highest BCUT2D eigenvalue weighted by atomic mass is 16.1. The summed E-state index contributed by atoms with van der Waals surface area (Å²) >= 11 is 0. The summed E-state index contributed by atoms with van der Waals surface area (Å²) in [7, 11) is 0. The molecule has 1 aromatic carbocycles. The molecule has 78 valence electrons. The second-order valence-corrected chi connectivity index (χ2v) is 3.24. The highest BCUT2D eigenvalue weighted by molar-refractivity contribution is 5.95. The van der Waals surface area contributed by atoms with Gasteiger partial charge in [-0.1, -0.05) is 5.92 Å². The van der Waals surface area contributed by atoms with Gasteiger partial charge in [-0.2, -0.15) is 0 Å². The SMILES string of the molecule is CC#CCNC(=O)c1cc(C)cc(N)c1. The van der Waals surface area contributed by atoms with Crippen molar-refractivity contribution in [1.29, 1.82) is 0 Å². The average molecular weight is 202 g/mol. The summed E-state index contributed by atoms with van der Waals surface area (Å²) in [6.07, 6.45) is 0. The minimum atomic E-state index is -0.145. The van der Waals surface area contributed by atoms with Gasteiger partial charge >= 0.3 is 0 Å². The fraction of sp³-hybridized carbons (Fsp3) is 0.250. The van der Waals surface area contributed by atoms with Gasteiger partial charge in [0.25, 0.3) is 5.91 Å². The van der Waals surface area contributed by atoms with Crippen LogP contribution >= 0.6 is 0 Å². The van der Waals surface area contributed by atoms with Crippen LogP contribution in [0.25, 0.3) is 0 Å².